The first-order valence-corrected chi connectivity index (χ1v) is 8.08. The molecule has 0 aliphatic carbocycles. The van der Waals surface area contributed by atoms with E-state index in [1.165, 1.54) is 10.3 Å². The van der Waals surface area contributed by atoms with Crippen LogP contribution in [0.5, 0.6) is 0 Å². The molecule has 0 N–H and O–H groups in total. The number of hydrogen-bond acceptors (Lipinski definition) is 6. The Morgan fingerprint density at radius 1 is 1.38 bits per heavy atom. The third-order valence-corrected chi connectivity index (χ3v) is 4.37. The van der Waals surface area contributed by atoms with Crippen LogP contribution in [0.15, 0.2) is 29.5 Å². The number of aryl methyl sites for hydroxylation is 2. The summed E-state index contributed by atoms with van der Waals surface area (Å²) in [6.07, 6.45) is 5.16. The van der Waals surface area contributed by atoms with E-state index in [1.807, 2.05) is 35.9 Å². The minimum absolute atomic E-state index is 0.0451. The lowest BCUT2D eigenvalue weighted by atomic mass is 10.2. The second-order valence-electron chi connectivity index (χ2n) is 6.22. The zero-order chi connectivity index (χ0) is 17.1. The summed E-state index contributed by atoms with van der Waals surface area (Å²) in [4.78, 5) is 20.6. The molecule has 0 radical (unpaired) electrons. The smallest absolute Gasteiger partial charge is 0.293 e. The molecule has 0 bridgehead atoms. The Balaban J connectivity index is 1.62. The fourth-order valence-corrected chi connectivity index (χ4v) is 2.96. The van der Waals surface area contributed by atoms with Crippen molar-refractivity contribution < 1.29 is 4.74 Å². The molecule has 3 heterocycles. The summed E-state index contributed by atoms with van der Waals surface area (Å²) in [5, 5.41) is 4.21. The largest absolute Gasteiger partial charge is 0.374 e. The van der Waals surface area contributed by atoms with Gasteiger partial charge in [-0.25, -0.2) is 4.98 Å². The van der Waals surface area contributed by atoms with E-state index in [9.17, 15) is 4.79 Å². The van der Waals surface area contributed by atoms with E-state index in [-0.39, 0.29) is 11.7 Å². The molecule has 1 saturated heterocycles. The first kappa shape index (κ1) is 16.7. The molecule has 0 amide bonds. The van der Waals surface area contributed by atoms with Crippen molar-refractivity contribution >= 4 is 5.82 Å². The summed E-state index contributed by atoms with van der Waals surface area (Å²) in [5.41, 5.74) is 1.09. The van der Waals surface area contributed by atoms with E-state index < -0.39 is 0 Å². The van der Waals surface area contributed by atoms with Gasteiger partial charge in [0.25, 0.3) is 5.56 Å². The van der Waals surface area contributed by atoms with Crippen molar-refractivity contribution in [2.45, 2.75) is 12.6 Å². The molecule has 8 nitrogen and oxygen atoms in total. The van der Waals surface area contributed by atoms with Crippen molar-refractivity contribution in [2.24, 2.45) is 14.1 Å². The van der Waals surface area contributed by atoms with Gasteiger partial charge in [-0.2, -0.15) is 5.10 Å². The third-order valence-electron chi connectivity index (χ3n) is 4.37. The highest BCUT2D eigenvalue weighted by Gasteiger charge is 2.23. The van der Waals surface area contributed by atoms with Gasteiger partial charge in [0.15, 0.2) is 5.82 Å². The van der Waals surface area contributed by atoms with Crippen LogP contribution in [0.3, 0.4) is 0 Å². The Labute approximate surface area is 141 Å². The number of hydrogen-bond donors (Lipinski definition) is 0. The van der Waals surface area contributed by atoms with Crippen LogP contribution in [0.2, 0.25) is 0 Å². The zero-order valence-corrected chi connectivity index (χ0v) is 14.4. The van der Waals surface area contributed by atoms with Gasteiger partial charge in [0.05, 0.1) is 18.4 Å². The normalized spacial score (nSPS) is 18.7. The van der Waals surface area contributed by atoms with E-state index in [2.05, 4.69) is 15.0 Å². The molecular formula is C16H24N6O2. The molecule has 1 aliphatic heterocycles. The van der Waals surface area contributed by atoms with Gasteiger partial charge in [-0.05, 0) is 6.07 Å². The highest BCUT2D eigenvalue weighted by Crippen LogP contribution is 2.12. The summed E-state index contributed by atoms with van der Waals surface area (Å²) >= 11 is 0. The number of rotatable bonds is 5. The fourth-order valence-electron chi connectivity index (χ4n) is 2.96. The Morgan fingerprint density at radius 3 is 2.96 bits per heavy atom. The molecule has 8 heteroatoms. The molecule has 1 aliphatic rings. The molecule has 3 rings (SSSR count). The van der Waals surface area contributed by atoms with Crippen LogP contribution in [-0.2, 0) is 25.4 Å². The maximum Gasteiger partial charge on any atom is 0.293 e. The number of anilines is 1. The van der Waals surface area contributed by atoms with Gasteiger partial charge in [0.2, 0.25) is 0 Å². The molecule has 130 valence electrons. The number of aromatic nitrogens is 4. The van der Waals surface area contributed by atoms with Crippen LogP contribution < -0.4 is 10.5 Å². The Kier molecular flexibility index (Phi) is 4.96. The molecule has 0 spiro atoms. The van der Waals surface area contributed by atoms with E-state index in [1.54, 1.807) is 19.4 Å². The van der Waals surface area contributed by atoms with Gasteiger partial charge in [-0.1, -0.05) is 0 Å². The summed E-state index contributed by atoms with van der Waals surface area (Å²) in [6, 6.07) is 2.04. The molecule has 2 aromatic heterocycles. The van der Waals surface area contributed by atoms with Crippen LogP contribution in [-0.4, -0.2) is 63.6 Å². The zero-order valence-electron chi connectivity index (χ0n) is 14.4. The third kappa shape index (κ3) is 3.65. The first-order valence-electron chi connectivity index (χ1n) is 8.08. The van der Waals surface area contributed by atoms with Crippen molar-refractivity contribution in [3.05, 3.63) is 40.7 Å². The van der Waals surface area contributed by atoms with Crippen molar-refractivity contribution in [2.75, 3.05) is 38.2 Å². The molecule has 24 heavy (non-hydrogen) atoms. The van der Waals surface area contributed by atoms with Crippen molar-refractivity contribution in [1.29, 1.82) is 0 Å². The average Bonchev–Trinajstić information content (AvgIpc) is 2.95. The molecule has 1 fully saturated rings. The average molecular weight is 332 g/mol. The van der Waals surface area contributed by atoms with E-state index in [0.717, 1.165) is 19.6 Å². The summed E-state index contributed by atoms with van der Waals surface area (Å²) in [6.45, 7) is 3.90. The topological polar surface area (TPSA) is 68.4 Å². The van der Waals surface area contributed by atoms with Gasteiger partial charge in [0.1, 0.15) is 0 Å². The van der Waals surface area contributed by atoms with Gasteiger partial charge in [-0.3, -0.25) is 14.4 Å². The monoisotopic (exact) mass is 332 g/mol. The van der Waals surface area contributed by atoms with Crippen LogP contribution in [0.1, 0.15) is 5.69 Å². The maximum absolute atomic E-state index is 12.2. The minimum atomic E-state index is -0.0949. The Bertz CT molecular complexity index is 740. The maximum atomic E-state index is 12.2. The number of nitrogens with zero attached hydrogens (tertiary/aromatic N) is 6. The standard InChI is InChI=1S/C16H24N6O2/c1-19-7-6-17-15(16(19)23)20(2)11-14-12-22(8-9-24-14)10-13-4-5-18-21(13)3/h4-7,14H,8-12H2,1-3H3/t14-/m1/s1. The Hall–Kier alpha value is -2.19. The predicted octanol–water partition coefficient (Wildman–Crippen LogP) is -0.149. The predicted molar refractivity (Wildman–Crippen MR) is 91.0 cm³/mol. The van der Waals surface area contributed by atoms with Gasteiger partial charge in [-0.15, -0.1) is 0 Å². The molecule has 1 atom stereocenters. The lowest BCUT2D eigenvalue weighted by Crippen LogP contribution is -2.47. The van der Waals surface area contributed by atoms with Crippen LogP contribution in [0.25, 0.3) is 0 Å². The molecule has 0 unspecified atom stereocenters. The van der Waals surface area contributed by atoms with E-state index in [4.69, 9.17) is 4.74 Å². The number of ether oxygens (including phenoxy) is 1. The van der Waals surface area contributed by atoms with Crippen LogP contribution in [0, 0.1) is 0 Å². The van der Waals surface area contributed by atoms with Crippen molar-refractivity contribution in [3.63, 3.8) is 0 Å². The van der Waals surface area contributed by atoms with Crippen molar-refractivity contribution in [1.82, 2.24) is 24.2 Å². The lowest BCUT2D eigenvalue weighted by Gasteiger charge is -2.34. The summed E-state index contributed by atoms with van der Waals surface area (Å²) in [5.74, 6) is 0.451. The van der Waals surface area contributed by atoms with Gasteiger partial charge >= 0.3 is 0 Å². The van der Waals surface area contributed by atoms with Crippen molar-refractivity contribution in [3.8, 4) is 0 Å². The van der Waals surface area contributed by atoms with E-state index >= 15 is 0 Å². The van der Waals surface area contributed by atoms with Crippen LogP contribution in [0.4, 0.5) is 5.82 Å². The summed E-state index contributed by atoms with van der Waals surface area (Å²) < 4.78 is 9.31. The fraction of sp³-hybridized carbons (Fsp3) is 0.562. The van der Waals surface area contributed by atoms with Gasteiger partial charge < -0.3 is 14.2 Å². The lowest BCUT2D eigenvalue weighted by molar-refractivity contribution is -0.0271. The molecule has 2 aromatic rings. The quantitative estimate of drug-likeness (QED) is 0.759. The van der Waals surface area contributed by atoms with Crippen LogP contribution >= 0.6 is 0 Å². The van der Waals surface area contributed by atoms with E-state index in [0.29, 0.717) is 19.0 Å². The molecule has 0 saturated carbocycles. The highest BCUT2D eigenvalue weighted by molar-refractivity contribution is 5.34. The Morgan fingerprint density at radius 2 is 2.21 bits per heavy atom. The first-order chi connectivity index (χ1) is 11.5. The second kappa shape index (κ2) is 7.14. The SMILES string of the molecule is CN(C[C@@H]1CN(Cc2ccnn2C)CCO1)c1nccn(C)c1=O. The molecular weight excluding hydrogens is 308 g/mol. The molecule has 0 aromatic carbocycles. The van der Waals surface area contributed by atoms with Gasteiger partial charge in [0, 0.05) is 65.9 Å². The number of likely N-dealkylation sites (N-methyl/N-ethyl adjacent to an activating group) is 1. The summed E-state index contributed by atoms with van der Waals surface area (Å²) in [7, 11) is 5.57. The minimum Gasteiger partial charge on any atom is -0.374 e. The highest BCUT2D eigenvalue weighted by atomic mass is 16.5. The second-order valence-corrected chi connectivity index (χ2v) is 6.22. The number of morpholine rings is 1.